The van der Waals surface area contributed by atoms with Crippen LogP contribution in [-0.4, -0.2) is 7.11 Å². The van der Waals surface area contributed by atoms with Gasteiger partial charge in [-0.05, 0) is 18.6 Å². The summed E-state index contributed by atoms with van der Waals surface area (Å²) in [6, 6.07) is 5.50. The van der Waals surface area contributed by atoms with E-state index in [0.29, 0.717) is 5.02 Å². The molecule has 0 spiro atoms. The summed E-state index contributed by atoms with van der Waals surface area (Å²) in [4.78, 5) is 0. The highest BCUT2D eigenvalue weighted by molar-refractivity contribution is 6.31. The standard InChI is InChI=1S/C10H14ClNO/c1-3-8(12)10-7(11)5-4-6-9(10)13-2/h4-6,8H,3,12H2,1-2H3. The molecule has 72 valence electrons. The number of methoxy groups -OCH3 is 1. The number of hydrogen-bond acceptors (Lipinski definition) is 2. The van der Waals surface area contributed by atoms with Crippen LogP contribution in [0.5, 0.6) is 5.75 Å². The summed E-state index contributed by atoms with van der Waals surface area (Å²) < 4.78 is 5.18. The minimum absolute atomic E-state index is 0.0522. The van der Waals surface area contributed by atoms with Gasteiger partial charge in [0.05, 0.1) is 7.11 Å². The zero-order chi connectivity index (χ0) is 9.84. The molecule has 0 heterocycles. The molecule has 0 saturated heterocycles. The van der Waals surface area contributed by atoms with Crippen molar-refractivity contribution >= 4 is 11.6 Å². The highest BCUT2D eigenvalue weighted by atomic mass is 35.5. The van der Waals surface area contributed by atoms with Crippen LogP contribution in [-0.2, 0) is 0 Å². The molecule has 0 saturated carbocycles. The molecule has 0 aromatic heterocycles. The van der Waals surface area contributed by atoms with Gasteiger partial charge in [0.2, 0.25) is 0 Å². The topological polar surface area (TPSA) is 35.2 Å². The number of benzene rings is 1. The first-order valence-electron chi connectivity index (χ1n) is 4.28. The fourth-order valence-corrected chi connectivity index (χ4v) is 1.57. The lowest BCUT2D eigenvalue weighted by Crippen LogP contribution is -2.10. The maximum Gasteiger partial charge on any atom is 0.125 e. The predicted octanol–water partition coefficient (Wildman–Crippen LogP) is 2.76. The maximum absolute atomic E-state index is 6.02. The van der Waals surface area contributed by atoms with Crippen LogP contribution in [0, 0.1) is 0 Å². The minimum Gasteiger partial charge on any atom is -0.496 e. The molecule has 0 aliphatic heterocycles. The summed E-state index contributed by atoms with van der Waals surface area (Å²) in [5.74, 6) is 0.766. The minimum atomic E-state index is -0.0522. The molecule has 0 radical (unpaired) electrons. The number of halogens is 1. The van der Waals surface area contributed by atoms with Gasteiger partial charge in [-0.1, -0.05) is 24.6 Å². The molecular formula is C10H14ClNO. The lowest BCUT2D eigenvalue weighted by Gasteiger charge is -2.15. The van der Waals surface area contributed by atoms with E-state index >= 15 is 0 Å². The first-order chi connectivity index (χ1) is 6.20. The molecule has 1 unspecified atom stereocenters. The average Bonchev–Trinajstić information content (AvgIpc) is 2.16. The van der Waals surface area contributed by atoms with Gasteiger partial charge >= 0.3 is 0 Å². The first-order valence-corrected chi connectivity index (χ1v) is 4.66. The van der Waals surface area contributed by atoms with Crippen molar-refractivity contribution < 1.29 is 4.74 Å². The molecule has 3 heteroatoms. The van der Waals surface area contributed by atoms with Gasteiger partial charge in [0.25, 0.3) is 0 Å². The maximum atomic E-state index is 6.02. The molecule has 2 N–H and O–H groups in total. The molecular weight excluding hydrogens is 186 g/mol. The van der Waals surface area contributed by atoms with Crippen LogP contribution in [0.25, 0.3) is 0 Å². The Morgan fingerprint density at radius 2 is 2.23 bits per heavy atom. The van der Waals surface area contributed by atoms with Crippen molar-refractivity contribution in [1.82, 2.24) is 0 Å². The van der Waals surface area contributed by atoms with Gasteiger partial charge in [-0.2, -0.15) is 0 Å². The Morgan fingerprint density at radius 3 is 2.77 bits per heavy atom. The average molecular weight is 200 g/mol. The van der Waals surface area contributed by atoms with Crippen molar-refractivity contribution in [3.05, 3.63) is 28.8 Å². The summed E-state index contributed by atoms with van der Waals surface area (Å²) in [5.41, 5.74) is 6.80. The van der Waals surface area contributed by atoms with Gasteiger partial charge in [0, 0.05) is 16.6 Å². The van der Waals surface area contributed by atoms with E-state index in [4.69, 9.17) is 22.1 Å². The zero-order valence-corrected chi connectivity index (χ0v) is 8.64. The Hall–Kier alpha value is -0.730. The second kappa shape index (κ2) is 4.49. The molecule has 1 atom stereocenters. The molecule has 1 aromatic rings. The number of hydrogen-bond donors (Lipinski definition) is 1. The van der Waals surface area contributed by atoms with Gasteiger partial charge in [-0.3, -0.25) is 0 Å². The molecule has 0 aliphatic rings. The summed E-state index contributed by atoms with van der Waals surface area (Å²) >= 11 is 6.02. The Balaban J connectivity index is 3.14. The highest BCUT2D eigenvalue weighted by Gasteiger charge is 2.13. The summed E-state index contributed by atoms with van der Waals surface area (Å²) in [6.45, 7) is 2.02. The van der Waals surface area contributed by atoms with Crippen molar-refractivity contribution in [3.8, 4) is 5.75 Å². The van der Waals surface area contributed by atoms with Crippen LogP contribution in [0.2, 0.25) is 5.02 Å². The first kappa shape index (κ1) is 10.4. The van der Waals surface area contributed by atoms with Crippen molar-refractivity contribution in [2.75, 3.05) is 7.11 Å². The fraction of sp³-hybridized carbons (Fsp3) is 0.400. The van der Waals surface area contributed by atoms with Crippen LogP contribution < -0.4 is 10.5 Å². The van der Waals surface area contributed by atoms with Crippen molar-refractivity contribution in [2.24, 2.45) is 5.73 Å². The van der Waals surface area contributed by atoms with Crippen LogP contribution in [0.1, 0.15) is 24.9 Å². The summed E-state index contributed by atoms with van der Waals surface area (Å²) in [5, 5.41) is 0.675. The summed E-state index contributed by atoms with van der Waals surface area (Å²) in [6.07, 6.45) is 0.847. The molecule has 0 bridgehead atoms. The Kier molecular flexibility index (Phi) is 3.58. The van der Waals surface area contributed by atoms with E-state index < -0.39 is 0 Å². The lowest BCUT2D eigenvalue weighted by molar-refractivity contribution is 0.405. The van der Waals surface area contributed by atoms with E-state index in [0.717, 1.165) is 17.7 Å². The van der Waals surface area contributed by atoms with Crippen molar-refractivity contribution in [1.29, 1.82) is 0 Å². The Bertz CT molecular complexity index is 288. The largest absolute Gasteiger partial charge is 0.496 e. The number of rotatable bonds is 3. The quantitative estimate of drug-likeness (QED) is 0.813. The fourth-order valence-electron chi connectivity index (χ4n) is 1.26. The Labute approximate surface area is 83.6 Å². The lowest BCUT2D eigenvalue weighted by atomic mass is 10.0. The summed E-state index contributed by atoms with van der Waals surface area (Å²) in [7, 11) is 1.62. The Morgan fingerprint density at radius 1 is 1.54 bits per heavy atom. The third-order valence-electron chi connectivity index (χ3n) is 2.04. The highest BCUT2D eigenvalue weighted by Crippen LogP contribution is 2.31. The smallest absolute Gasteiger partial charge is 0.125 e. The zero-order valence-electron chi connectivity index (χ0n) is 7.88. The van der Waals surface area contributed by atoms with Gasteiger partial charge in [0.1, 0.15) is 5.75 Å². The second-order valence-electron chi connectivity index (χ2n) is 2.87. The van der Waals surface area contributed by atoms with Crippen LogP contribution in [0.4, 0.5) is 0 Å². The molecule has 0 fully saturated rings. The van der Waals surface area contributed by atoms with E-state index in [2.05, 4.69) is 0 Å². The van der Waals surface area contributed by atoms with E-state index in [1.165, 1.54) is 0 Å². The molecule has 0 aliphatic carbocycles. The third kappa shape index (κ3) is 2.14. The van der Waals surface area contributed by atoms with Gasteiger partial charge in [-0.25, -0.2) is 0 Å². The van der Waals surface area contributed by atoms with Gasteiger partial charge in [-0.15, -0.1) is 0 Å². The van der Waals surface area contributed by atoms with Gasteiger partial charge in [0.15, 0.2) is 0 Å². The molecule has 0 amide bonds. The monoisotopic (exact) mass is 199 g/mol. The third-order valence-corrected chi connectivity index (χ3v) is 2.37. The van der Waals surface area contributed by atoms with E-state index in [-0.39, 0.29) is 6.04 Å². The van der Waals surface area contributed by atoms with E-state index in [1.807, 2.05) is 25.1 Å². The molecule has 1 aromatic carbocycles. The van der Waals surface area contributed by atoms with Crippen LogP contribution in [0.15, 0.2) is 18.2 Å². The normalized spacial score (nSPS) is 12.6. The number of ether oxygens (including phenoxy) is 1. The molecule has 1 rings (SSSR count). The van der Waals surface area contributed by atoms with Crippen LogP contribution >= 0.6 is 11.6 Å². The SMILES string of the molecule is CCC(N)c1c(Cl)cccc1OC. The van der Waals surface area contributed by atoms with Crippen LogP contribution in [0.3, 0.4) is 0 Å². The second-order valence-corrected chi connectivity index (χ2v) is 3.28. The van der Waals surface area contributed by atoms with E-state index in [1.54, 1.807) is 7.11 Å². The van der Waals surface area contributed by atoms with Gasteiger partial charge < -0.3 is 10.5 Å². The molecule has 13 heavy (non-hydrogen) atoms. The molecule has 2 nitrogen and oxygen atoms in total. The number of nitrogens with two attached hydrogens (primary N) is 1. The predicted molar refractivity (Wildman–Crippen MR) is 55.2 cm³/mol. The van der Waals surface area contributed by atoms with Crippen molar-refractivity contribution in [2.45, 2.75) is 19.4 Å². The van der Waals surface area contributed by atoms with Crippen molar-refractivity contribution in [3.63, 3.8) is 0 Å². The van der Waals surface area contributed by atoms with E-state index in [9.17, 15) is 0 Å².